The average Bonchev–Trinajstić information content (AvgIpc) is 2.74. The van der Waals surface area contributed by atoms with Gasteiger partial charge in [0.1, 0.15) is 5.82 Å². The number of hydrogen-bond acceptors (Lipinski definition) is 1. The molecule has 0 aliphatic heterocycles. The molecule has 3 heteroatoms. The zero-order chi connectivity index (χ0) is 11.8. The monoisotopic (exact) mass is 285 g/mol. The first-order valence-electron chi connectivity index (χ1n) is 5.76. The third-order valence-electron chi connectivity index (χ3n) is 3.77. The maximum Gasteiger partial charge on any atom is 0.131 e. The van der Waals surface area contributed by atoms with E-state index in [4.69, 9.17) is 5.73 Å². The fourth-order valence-electron chi connectivity index (χ4n) is 2.75. The van der Waals surface area contributed by atoms with Crippen molar-refractivity contribution >= 4 is 15.9 Å². The van der Waals surface area contributed by atoms with E-state index in [1.807, 2.05) is 19.1 Å². The normalized spacial score (nSPS) is 19.0. The molecule has 0 amide bonds. The van der Waals surface area contributed by atoms with Gasteiger partial charge < -0.3 is 5.73 Å². The van der Waals surface area contributed by atoms with Gasteiger partial charge in [-0.05, 0) is 31.4 Å². The van der Waals surface area contributed by atoms with E-state index in [2.05, 4.69) is 15.9 Å². The average molecular weight is 286 g/mol. The summed E-state index contributed by atoms with van der Waals surface area (Å²) in [5, 5.41) is 0. The van der Waals surface area contributed by atoms with E-state index in [1.165, 1.54) is 0 Å². The van der Waals surface area contributed by atoms with Gasteiger partial charge in [0.25, 0.3) is 0 Å². The van der Waals surface area contributed by atoms with Crippen molar-refractivity contribution in [1.29, 1.82) is 0 Å². The molecule has 1 aliphatic rings. The van der Waals surface area contributed by atoms with Gasteiger partial charge >= 0.3 is 0 Å². The highest BCUT2D eigenvalue weighted by Gasteiger charge is 2.38. The molecular formula is C13H17BrFN. The Balaban J connectivity index is 2.57. The smallest absolute Gasteiger partial charge is 0.131 e. The first-order valence-corrected chi connectivity index (χ1v) is 6.55. The summed E-state index contributed by atoms with van der Waals surface area (Å²) in [4.78, 5) is 0. The molecule has 16 heavy (non-hydrogen) atoms. The molecule has 2 N–H and O–H groups in total. The summed E-state index contributed by atoms with van der Waals surface area (Å²) in [6.45, 7) is 2.34. The van der Waals surface area contributed by atoms with Crippen molar-refractivity contribution < 1.29 is 4.39 Å². The molecule has 0 radical (unpaired) electrons. The minimum absolute atomic E-state index is 0.0817. The van der Waals surface area contributed by atoms with Gasteiger partial charge in [-0.3, -0.25) is 0 Å². The van der Waals surface area contributed by atoms with Crippen LogP contribution in [-0.2, 0) is 5.41 Å². The molecule has 1 aromatic rings. The van der Waals surface area contributed by atoms with E-state index < -0.39 is 0 Å². The van der Waals surface area contributed by atoms with Crippen LogP contribution >= 0.6 is 15.9 Å². The Morgan fingerprint density at radius 2 is 2.00 bits per heavy atom. The van der Waals surface area contributed by atoms with Crippen LogP contribution in [0, 0.1) is 12.7 Å². The minimum atomic E-state index is -0.144. The van der Waals surface area contributed by atoms with Crippen molar-refractivity contribution in [3.05, 3.63) is 33.5 Å². The second-order valence-electron chi connectivity index (χ2n) is 4.74. The number of nitrogens with two attached hydrogens (primary N) is 1. The highest BCUT2D eigenvalue weighted by molar-refractivity contribution is 9.10. The van der Waals surface area contributed by atoms with Crippen LogP contribution in [0.3, 0.4) is 0 Å². The predicted molar refractivity (Wildman–Crippen MR) is 68.0 cm³/mol. The summed E-state index contributed by atoms with van der Waals surface area (Å²) in [5.74, 6) is -0.0817. The van der Waals surface area contributed by atoms with Crippen molar-refractivity contribution in [3.63, 3.8) is 0 Å². The van der Waals surface area contributed by atoms with Gasteiger partial charge in [0.2, 0.25) is 0 Å². The second-order valence-corrected chi connectivity index (χ2v) is 5.60. The quantitative estimate of drug-likeness (QED) is 0.882. The standard InChI is InChI=1S/C13H17BrFN/c1-9-4-5-10(14)11(12(9)15)13(8-16)6-2-3-7-13/h4-5H,2-3,6-8,16H2,1H3. The third kappa shape index (κ3) is 1.80. The molecule has 0 aromatic heterocycles. The van der Waals surface area contributed by atoms with Gasteiger partial charge in [-0.15, -0.1) is 0 Å². The topological polar surface area (TPSA) is 26.0 Å². The molecule has 0 saturated heterocycles. The molecule has 1 nitrogen and oxygen atoms in total. The van der Waals surface area contributed by atoms with Gasteiger partial charge in [0.05, 0.1) is 0 Å². The fourth-order valence-corrected chi connectivity index (χ4v) is 3.48. The van der Waals surface area contributed by atoms with Crippen molar-refractivity contribution in [2.75, 3.05) is 6.54 Å². The highest BCUT2D eigenvalue weighted by Crippen LogP contribution is 2.44. The van der Waals surface area contributed by atoms with Crippen LogP contribution in [0.25, 0.3) is 0 Å². The second kappa shape index (κ2) is 4.46. The Kier molecular flexibility index (Phi) is 3.36. The zero-order valence-electron chi connectivity index (χ0n) is 9.52. The van der Waals surface area contributed by atoms with Crippen LogP contribution in [0.4, 0.5) is 4.39 Å². The van der Waals surface area contributed by atoms with Gasteiger partial charge in [0.15, 0.2) is 0 Å². The molecule has 1 fully saturated rings. The van der Waals surface area contributed by atoms with Gasteiger partial charge in [0, 0.05) is 22.0 Å². The van der Waals surface area contributed by atoms with Gasteiger partial charge in [-0.2, -0.15) is 0 Å². The van der Waals surface area contributed by atoms with Crippen LogP contribution in [0.1, 0.15) is 36.8 Å². The molecule has 0 bridgehead atoms. The molecule has 0 atom stereocenters. The Morgan fingerprint density at radius 3 is 2.56 bits per heavy atom. The van der Waals surface area contributed by atoms with Crippen LogP contribution in [0.2, 0.25) is 0 Å². The van der Waals surface area contributed by atoms with E-state index in [9.17, 15) is 4.39 Å². The van der Waals surface area contributed by atoms with Crippen LogP contribution in [0.5, 0.6) is 0 Å². The van der Waals surface area contributed by atoms with E-state index in [1.54, 1.807) is 0 Å². The lowest BCUT2D eigenvalue weighted by Crippen LogP contribution is -2.33. The van der Waals surface area contributed by atoms with Crippen molar-refractivity contribution in [2.45, 2.75) is 38.0 Å². The first-order chi connectivity index (χ1) is 7.60. The molecule has 1 saturated carbocycles. The molecular weight excluding hydrogens is 269 g/mol. The van der Waals surface area contributed by atoms with Crippen molar-refractivity contribution in [1.82, 2.24) is 0 Å². The van der Waals surface area contributed by atoms with Crippen molar-refractivity contribution in [3.8, 4) is 0 Å². The maximum absolute atomic E-state index is 14.3. The number of benzene rings is 1. The summed E-state index contributed by atoms with van der Waals surface area (Å²) in [7, 11) is 0. The number of halogens is 2. The van der Waals surface area contributed by atoms with Gasteiger partial charge in [-0.1, -0.05) is 34.8 Å². The lowest BCUT2D eigenvalue weighted by atomic mass is 9.78. The summed E-state index contributed by atoms with van der Waals surface area (Å²) in [6.07, 6.45) is 4.30. The maximum atomic E-state index is 14.3. The van der Waals surface area contributed by atoms with Crippen molar-refractivity contribution in [2.24, 2.45) is 5.73 Å². The molecule has 0 heterocycles. The van der Waals surface area contributed by atoms with E-state index in [0.717, 1.165) is 35.7 Å². The molecule has 88 valence electrons. The minimum Gasteiger partial charge on any atom is -0.330 e. The number of rotatable bonds is 2. The molecule has 0 unspecified atom stereocenters. The Labute approximate surface area is 104 Å². The van der Waals surface area contributed by atoms with E-state index in [0.29, 0.717) is 12.1 Å². The SMILES string of the molecule is Cc1ccc(Br)c(C2(CN)CCCC2)c1F. The van der Waals surface area contributed by atoms with Gasteiger partial charge in [-0.25, -0.2) is 4.39 Å². The van der Waals surface area contributed by atoms with E-state index >= 15 is 0 Å². The lowest BCUT2D eigenvalue weighted by molar-refractivity contribution is 0.423. The molecule has 0 spiro atoms. The Hall–Kier alpha value is -0.410. The molecule has 1 aromatic carbocycles. The summed E-state index contributed by atoms with van der Waals surface area (Å²) >= 11 is 3.47. The number of aryl methyl sites for hydroxylation is 1. The molecule has 2 rings (SSSR count). The molecule has 1 aliphatic carbocycles. The van der Waals surface area contributed by atoms with Crippen LogP contribution in [-0.4, -0.2) is 6.54 Å². The fraction of sp³-hybridized carbons (Fsp3) is 0.538. The first kappa shape index (κ1) is 12.1. The zero-order valence-corrected chi connectivity index (χ0v) is 11.1. The Bertz CT molecular complexity index is 397. The third-order valence-corrected chi connectivity index (χ3v) is 4.43. The predicted octanol–water partition coefficient (Wildman–Crippen LogP) is 3.67. The summed E-state index contributed by atoms with van der Waals surface area (Å²) in [5.41, 5.74) is 7.26. The lowest BCUT2D eigenvalue weighted by Gasteiger charge is -2.30. The Morgan fingerprint density at radius 1 is 1.38 bits per heavy atom. The largest absolute Gasteiger partial charge is 0.330 e. The summed E-state index contributed by atoms with van der Waals surface area (Å²) < 4.78 is 15.1. The number of hydrogen-bond donors (Lipinski definition) is 1. The van der Waals surface area contributed by atoms with Crippen LogP contribution < -0.4 is 5.73 Å². The van der Waals surface area contributed by atoms with Crippen LogP contribution in [0.15, 0.2) is 16.6 Å². The summed E-state index contributed by atoms with van der Waals surface area (Å²) in [6, 6.07) is 3.74. The highest BCUT2D eigenvalue weighted by atomic mass is 79.9. The van der Waals surface area contributed by atoms with E-state index in [-0.39, 0.29) is 11.2 Å².